The van der Waals surface area contributed by atoms with Gasteiger partial charge in [0.25, 0.3) is 5.56 Å². The smallest absolute Gasteiger partial charge is 0.870 e. The molecule has 38 heavy (non-hydrogen) atoms. The molecule has 0 aliphatic carbocycles. The van der Waals surface area contributed by atoms with Crippen molar-refractivity contribution in [1.82, 2.24) is 30.1 Å². The fourth-order valence-electron chi connectivity index (χ4n) is 3.03. The Balaban J connectivity index is 0.00000169. The second-order valence-electron chi connectivity index (χ2n) is 7.02. The van der Waals surface area contributed by atoms with Gasteiger partial charge in [0.1, 0.15) is 0 Å². The number of hydrogen-bond acceptors (Lipinski definition) is 13. The van der Waals surface area contributed by atoms with Gasteiger partial charge in [-0.1, -0.05) is 24.3 Å². The average Bonchev–Trinajstić information content (AvgIpc) is 3.36. The molecule has 5 aromatic rings. The molecule has 0 unspecified atom stereocenters. The molecule has 0 fully saturated rings. The Bertz CT molecular complexity index is 1690. The molecular weight excluding hydrogens is 603 g/mol. The predicted octanol–water partition coefficient (Wildman–Crippen LogP) is -1.25. The van der Waals surface area contributed by atoms with Gasteiger partial charge >= 0.3 is 39.0 Å². The maximum absolute atomic E-state index is 12.3. The van der Waals surface area contributed by atoms with E-state index in [-0.39, 0.29) is 67.5 Å². The van der Waals surface area contributed by atoms with E-state index in [1.807, 2.05) is 0 Å². The minimum Gasteiger partial charge on any atom is -0.870 e. The number of para-hydroxylation sites is 4. The topological polar surface area (TPSA) is 248 Å². The van der Waals surface area contributed by atoms with Crippen LogP contribution in [0.1, 0.15) is 11.4 Å². The summed E-state index contributed by atoms with van der Waals surface area (Å²) in [5.74, 6) is -2.84. The van der Waals surface area contributed by atoms with Gasteiger partial charge in [0, 0.05) is 17.7 Å². The van der Waals surface area contributed by atoms with Crippen LogP contribution in [0.3, 0.4) is 0 Å². The molecule has 5 N–H and O–H groups in total. The second-order valence-corrected chi connectivity index (χ2v) is 7.02. The fourth-order valence-corrected chi connectivity index (χ4v) is 3.03. The standard InChI is InChI=1S/C21H16N10O4.H2O.2Zn/c32-18(30-28-16-20(34)24-12-7-3-1-5-10(12)22-16)14-9-15(27-26-14)19(33)31-29-17-21(35)25-13-8-4-2-6-11(13)23-17;;;/h1-9H,(H,22,28)(H,23,29)(H,24,34)(H,25,35)(H,26,27)(H,30,32)(H,31,33);1H2;;/q;;2*+2/p-4. The minimum atomic E-state index is -0.871. The Kier molecular flexibility index (Phi) is 10.0. The van der Waals surface area contributed by atoms with E-state index >= 15 is 0 Å². The molecule has 15 nitrogen and oxygen atoms in total. The number of rotatable bonds is 6. The molecule has 0 radical (unpaired) electrons. The maximum Gasteiger partial charge on any atom is 2.00 e. The number of aromatic amines is 2. The Morgan fingerprint density at radius 1 is 0.816 bits per heavy atom. The first-order chi connectivity index (χ1) is 17.0. The van der Waals surface area contributed by atoms with Crippen molar-refractivity contribution in [3.63, 3.8) is 0 Å². The van der Waals surface area contributed by atoms with Gasteiger partial charge in [-0.15, -0.1) is 0 Å². The summed E-state index contributed by atoms with van der Waals surface area (Å²) in [6, 6.07) is 14.7. The van der Waals surface area contributed by atoms with E-state index in [2.05, 4.69) is 51.2 Å². The quantitative estimate of drug-likeness (QED) is 0.0758. The maximum atomic E-state index is 12.3. The molecule has 3 heterocycles. The number of H-pyrrole nitrogens is 2. The molecule has 0 amide bonds. The Hall–Kier alpha value is -4.32. The Morgan fingerprint density at radius 2 is 1.39 bits per heavy atom. The summed E-state index contributed by atoms with van der Waals surface area (Å²) in [6.07, 6.45) is 0. The van der Waals surface area contributed by atoms with Gasteiger partial charge in [-0.25, -0.2) is 9.97 Å². The van der Waals surface area contributed by atoms with Crippen molar-refractivity contribution >= 4 is 45.5 Å². The van der Waals surface area contributed by atoms with Crippen molar-refractivity contribution in [2.24, 2.45) is 10.2 Å². The largest absolute Gasteiger partial charge is 2.00 e. The Morgan fingerprint density at radius 3 is 2.13 bits per heavy atom. The third-order valence-electron chi connectivity index (χ3n) is 4.69. The molecule has 0 saturated carbocycles. The molecule has 0 atom stereocenters. The minimum absolute atomic E-state index is 0. The third-order valence-corrected chi connectivity index (χ3v) is 4.69. The number of hydrogen-bond donors (Lipinski definition) is 4. The predicted molar refractivity (Wildman–Crippen MR) is 122 cm³/mol. The monoisotopic (exact) mass is 614 g/mol. The molecule has 0 bridgehead atoms. The molecule has 17 heteroatoms. The van der Waals surface area contributed by atoms with Crippen LogP contribution in [0.25, 0.3) is 22.1 Å². The number of nitrogens with zero attached hydrogens (tertiary/aromatic N) is 6. The SMILES string of the molecule is O=c1[nH]c2ccccc2nc1N/N=C(/[O-])c1cc(/C([O-])=N\Nc2nc3ccccc3nc2[O-])[nH]n1.[OH-].[Zn+2].[Zn+2]. The summed E-state index contributed by atoms with van der Waals surface area (Å²) in [6.45, 7) is 0. The zero-order valence-corrected chi connectivity index (χ0v) is 25.3. The van der Waals surface area contributed by atoms with Gasteiger partial charge in [0.2, 0.25) is 5.82 Å². The number of fused-ring (bicyclic) bond motifs is 2. The molecule has 2 aromatic carbocycles. The van der Waals surface area contributed by atoms with Gasteiger partial charge in [0.05, 0.1) is 33.5 Å². The molecule has 0 spiro atoms. The van der Waals surface area contributed by atoms with Crippen molar-refractivity contribution < 1.29 is 59.8 Å². The van der Waals surface area contributed by atoms with Crippen LogP contribution in [0.15, 0.2) is 69.6 Å². The van der Waals surface area contributed by atoms with Crippen molar-refractivity contribution in [1.29, 1.82) is 0 Å². The number of aromatic nitrogens is 6. The zero-order chi connectivity index (χ0) is 24.4. The molecular formula is C21H14N10O5Zn2. The zero-order valence-electron chi connectivity index (χ0n) is 19.4. The van der Waals surface area contributed by atoms with Gasteiger partial charge in [-0.2, -0.15) is 15.3 Å². The van der Waals surface area contributed by atoms with Crippen molar-refractivity contribution in [3.8, 4) is 5.88 Å². The number of anilines is 2. The van der Waals surface area contributed by atoms with E-state index < -0.39 is 23.2 Å². The normalized spacial score (nSPS) is 11.3. The average molecular weight is 617 g/mol. The van der Waals surface area contributed by atoms with Crippen LogP contribution < -0.4 is 31.7 Å². The van der Waals surface area contributed by atoms with Gasteiger partial charge in [-0.3, -0.25) is 25.7 Å². The van der Waals surface area contributed by atoms with Crippen LogP contribution in [-0.4, -0.2) is 47.4 Å². The molecule has 0 saturated heterocycles. The third kappa shape index (κ3) is 6.32. The van der Waals surface area contributed by atoms with E-state index in [0.717, 1.165) is 6.07 Å². The molecule has 0 aliphatic heterocycles. The van der Waals surface area contributed by atoms with Crippen LogP contribution in [-0.2, 0) is 39.0 Å². The summed E-state index contributed by atoms with van der Waals surface area (Å²) in [7, 11) is 0. The van der Waals surface area contributed by atoms with E-state index in [1.54, 1.807) is 48.5 Å². The fraction of sp³-hybridized carbons (Fsp3) is 0. The molecule has 3 aromatic heterocycles. The van der Waals surface area contributed by atoms with Gasteiger partial charge in [-0.05, 0) is 30.3 Å². The summed E-state index contributed by atoms with van der Waals surface area (Å²) in [5, 5.41) is 49.9. The molecule has 182 valence electrons. The number of hydrazone groups is 2. The summed E-state index contributed by atoms with van der Waals surface area (Å²) >= 11 is 0. The van der Waals surface area contributed by atoms with Crippen molar-refractivity contribution in [3.05, 3.63) is 76.3 Å². The van der Waals surface area contributed by atoms with Crippen LogP contribution in [0.2, 0.25) is 0 Å². The van der Waals surface area contributed by atoms with E-state index in [9.17, 15) is 20.1 Å². The summed E-state index contributed by atoms with van der Waals surface area (Å²) < 4.78 is 0. The van der Waals surface area contributed by atoms with Crippen molar-refractivity contribution in [2.45, 2.75) is 0 Å². The Labute approximate surface area is 238 Å². The number of nitrogens with one attached hydrogen (secondary N) is 4. The summed E-state index contributed by atoms with van der Waals surface area (Å²) in [4.78, 5) is 26.8. The van der Waals surface area contributed by atoms with Gasteiger partial charge in [0.15, 0.2) is 5.82 Å². The second kappa shape index (κ2) is 12.8. The van der Waals surface area contributed by atoms with E-state index in [4.69, 9.17) is 0 Å². The van der Waals surface area contributed by atoms with E-state index in [1.165, 1.54) is 0 Å². The molecule has 5 rings (SSSR count). The summed E-state index contributed by atoms with van der Waals surface area (Å²) in [5.41, 5.74) is 5.52. The first kappa shape index (κ1) is 29.9. The first-order valence-corrected chi connectivity index (χ1v) is 9.98. The van der Waals surface area contributed by atoms with Crippen LogP contribution in [0.4, 0.5) is 11.6 Å². The van der Waals surface area contributed by atoms with Crippen molar-refractivity contribution in [2.75, 3.05) is 10.9 Å². The van der Waals surface area contributed by atoms with E-state index in [0.29, 0.717) is 22.1 Å². The van der Waals surface area contributed by atoms with Crippen LogP contribution >= 0.6 is 0 Å². The first-order valence-electron chi connectivity index (χ1n) is 9.98. The molecule has 0 aliphatic rings. The van der Waals surface area contributed by atoms with Crippen LogP contribution in [0, 0.1) is 0 Å². The van der Waals surface area contributed by atoms with Crippen LogP contribution in [0.5, 0.6) is 5.88 Å². The van der Waals surface area contributed by atoms with Gasteiger partial charge < -0.3 is 25.8 Å². The number of benzene rings is 2.